The molecule has 0 saturated carbocycles. The van der Waals surface area contributed by atoms with Crippen molar-refractivity contribution in [3.63, 3.8) is 0 Å². The van der Waals surface area contributed by atoms with Gasteiger partial charge in [0.1, 0.15) is 11.6 Å². The zero-order valence-electron chi connectivity index (χ0n) is 14.1. The van der Waals surface area contributed by atoms with E-state index in [0.29, 0.717) is 0 Å². The molecule has 0 atom stereocenters. The Kier molecular flexibility index (Phi) is 4.17. The number of aromatic amines is 1. The summed E-state index contributed by atoms with van der Waals surface area (Å²) in [6.45, 7) is 7.95. The largest absolute Gasteiger partial charge is 0.361 e. The number of nitrogens with one attached hydrogen (secondary N) is 1. The summed E-state index contributed by atoms with van der Waals surface area (Å²) >= 11 is 0. The minimum Gasteiger partial charge on any atom is -0.361 e. The highest BCUT2D eigenvalue weighted by molar-refractivity contribution is 5.97. The van der Waals surface area contributed by atoms with Crippen molar-refractivity contribution in [1.82, 2.24) is 20.1 Å². The van der Waals surface area contributed by atoms with Gasteiger partial charge in [0.15, 0.2) is 0 Å². The van der Waals surface area contributed by atoms with Crippen LogP contribution >= 0.6 is 0 Å². The van der Waals surface area contributed by atoms with Crippen LogP contribution in [-0.4, -0.2) is 20.1 Å². The van der Waals surface area contributed by atoms with Crippen molar-refractivity contribution < 1.29 is 4.52 Å². The van der Waals surface area contributed by atoms with Crippen molar-refractivity contribution >= 4 is 11.0 Å². The molecule has 0 radical (unpaired) electrons. The maximum absolute atomic E-state index is 5.35. The highest BCUT2D eigenvalue weighted by Crippen LogP contribution is 2.36. The van der Waals surface area contributed by atoms with Crippen molar-refractivity contribution in [2.24, 2.45) is 0 Å². The number of benzene rings is 1. The first-order chi connectivity index (χ1) is 11.5. The van der Waals surface area contributed by atoms with Gasteiger partial charge in [-0.3, -0.25) is 4.98 Å². The number of hydrogen-bond acceptors (Lipinski definition) is 4. The molecule has 128 valence electrons. The molecule has 0 saturated heterocycles. The number of H-pyrrole nitrogens is 1. The molecule has 4 rings (SSSR count). The van der Waals surface area contributed by atoms with Crippen LogP contribution in [0, 0.1) is 27.7 Å². The van der Waals surface area contributed by atoms with E-state index in [4.69, 9.17) is 4.52 Å². The molecule has 0 aliphatic carbocycles. The molecule has 4 aromatic rings. The molecule has 5 heteroatoms. The topological polar surface area (TPSA) is 67.6 Å². The van der Waals surface area contributed by atoms with Crippen LogP contribution in [-0.2, 0) is 0 Å². The zero-order chi connectivity index (χ0) is 16.8. The molecule has 3 aromatic heterocycles. The lowest BCUT2D eigenvalue weighted by molar-refractivity contribution is 0.393. The Morgan fingerprint density at radius 3 is 2.52 bits per heavy atom. The maximum atomic E-state index is 5.35. The second-order valence-electron chi connectivity index (χ2n) is 6.13. The molecule has 0 aliphatic heterocycles. The third kappa shape index (κ3) is 2.71. The quantitative estimate of drug-likeness (QED) is 0.550. The molecule has 0 bridgehead atoms. The predicted octanol–water partition coefficient (Wildman–Crippen LogP) is 5.15. The molecule has 0 fully saturated rings. The monoisotopic (exact) mass is 334 g/mol. The van der Waals surface area contributed by atoms with E-state index in [0.717, 1.165) is 50.6 Å². The van der Waals surface area contributed by atoms with Gasteiger partial charge in [0, 0.05) is 29.1 Å². The normalized spacial score (nSPS) is 10.9. The predicted molar refractivity (Wildman–Crippen MR) is 101 cm³/mol. The lowest BCUT2D eigenvalue weighted by atomic mass is 9.95. The van der Waals surface area contributed by atoms with E-state index < -0.39 is 0 Å². The Balaban J connectivity index is 0.00000182. The SMILES string of the molecule is C.Cc1nc2c(-c3cnccc3C)cc(-c3c(C)noc3C)cc2[nH]1. The Labute approximate surface area is 147 Å². The van der Waals surface area contributed by atoms with Crippen molar-refractivity contribution in [3.8, 4) is 22.3 Å². The summed E-state index contributed by atoms with van der Waals surface area (Å²) < 4.78 is 5.35. The minimum absolute atomic E-state index is 0. The van der Waals surface area contributed by atoms with Crippen molar-refractivity contribution in [1.29, 1.82) is 0 Å². The van der Waals surface area contributed by atoms with E-state index >= 15 is 0 Å². The number of nitrogens with zero attached hydrogens (tertiary/aromatic N) is 3. The number of pyridine rings is 1. The van der Waals surface area contributed by atoms with E-state index in [1.165, 1.54) is 5.56 Å². The number of imidazole rings is 1. The Hall–Kier alpha value is -2.95. The third-order valence-electron chi connectivity index (χ3n) is 4.36. The molecule has 1 N–H and O–H groups in total. The van der Waals surface area contributed by atoms with E-state index in [1.807, 2.05) is 39.2 Å². The molecular formula is C20H22N4O. The van der Waals surface area contributed by atoms with Crippen LogP contribution in [0.25, 0.3) is 33.3 Å². The number of rotatable bonds is 2. The van der Waals surface area contributed by atoms with E-state index in [9.17, 15) is 0 Å². The van der Waals surface area contributed by atoms with Gasteiger partial charge in [-0.25, -0.2) is 4.98 Å². The van der Waals surface area contributed by atoms with E-state index in [1.54, 1.807) is 0 Å². The van der Waals surface area contributed by atoms with Crippen LogP contribution in [0.3, 0.4) is 0 Å². The van der Waals surface area contributed by atoms with Crippen molar-refractivity contribution in [3.05, 3.63) is 53.4 Å². The molecule has 0 aliphatic rings. The Morgan fingerprint density at radius 2 is 1.84 bits per heavy atom. The van der Waals surface area contributed by atoms with Gasteiger partial charge in [-0.1, -0.05) is 12.6 Å². The van der Waals surface area contributed by atoms with Gasteiger partial charge in [-0.2, -0.15) is 0 Å². The van der Waals surface area contributed by atoms with Gasteiger partial charge in [0.25, 0.3) is 0 Å². The van der Waals surface area contributed by atoms with E-state index in [2.05, 4.69) is 39.2 Å². The number of fused-ring (bicyclic) bond motifs is 1. The van der Waals surface area contributed by atoms with Crippen LogP contribution in [0.4, 0.5) is 0 Å². The fraction of sp³-hybridized carbons (Fsp3) is 0.250. The van der Waals surface area contributed by atoms with Crippen LogP contribution in [0.5, 0.6) is 0 Å². The summed E-state index contributed by atoms with van der Waals surface area (Å²) in [4.78, 5) is 12.3. The molecule has 0 amide bonds. The standard InChI is InChI=1S/C19H18N4O.CH4/c1-10-5-6-20-9-16(10)15-7-14(18-11(2)23-24-12(18)3)8-17-19(15)22-13(4)21-17;/h5-9H,1-4H3,(H,21,22);1H4. The first-order valence-corrected chi connectivity index (χ1v) is 7.89. The van der Waals surface area contributed by atoms with Crippen LogP contribution < -0.4 is 0 Å². The number of aryl methyl sites for hydroxylation is 4. The maximum Gasteiger partial charge on any atom is 0.141 e. The lowest BCUT2D eigenvalue weighted by Gasteiger charge is -2.09. The molecular weight excluding hydrogens is 312 g/mol. The molecule has 5 nitrogen and oxygen atoms in total. The summed E-state index contributed by atoms with van der Waals surface area (Å²) in [5.74, 6) is 1.71. The third-order valence-corrected chi connectivity index (χ3v) is 4.36. The molecule has 3 heterocycles. The highest BCUT2D eigenvalue weighted by atomic mass is 16.5. The van der Waals surface area contributed by atoms with E-state index in [-0.39, 0.29) is 7.43 Å². The minimum atomic E-state index is 0. The van der Waals surface area contributed by atoms with Crippen molar-refractivity contribution in [2.75, 3.05) is 0 Å². The second kappa shape index (κ2) is 6.16. The molecule has 0 unspecified atom stereocenters. The highest BCUT2D eigenvalue weighted by Gasteiger charge is 2.17. The lowest BCUT2D eigenvalue weighted by Crippen LogP contribution is -1.90. The summed E-state index contributed by atoms with van der Waals surface area (Å²) in [6.07, 6.45) is 3.70. The van der Waals surface area contributed by atoms with Gasteiger partial charge < -0.3 is 9.51 Å². The number of hydrogen-bond donors (Lipinski definition) is 1. The van der Waals surface area contributed by atoms with Crippen LogP contribution in [0.15, 0.2) is 35.1 Å². The smallest absolute Gasteiger partial charge is 0.141 e. The van der Waals surface area contributed by atoms with Crippen LogP contribution in [0.1, 0.15) is 30.3 Å². The second-order valence-corrected chi connectivity index (χ2v) is 6.13. The molecule has 1 aromatic carbocycles. The van der Waals surface area contributed by atoms with Gasteiger partial charge in [0.2, 0.25) is 0 Å². The van der Waals surface area contributed by atoms with Crippen LogP contribution in [0.2, 0.25) is 0 Å². The summed E-state index contributed by atoms with van der Waals surface area (Å²) in [5, 5.41) is 4.08. The Morgan fingerprint density at radius 1 is 1.04 bits per heavy atom. The summed E-state index contributed by atoms with van der Waals surface area (Å²) in [6, 6.07) is 6.28. The van der Waals surface area contributed by atoms with Gasteiger partial charge >= 0.3 is 0 Å². The van der Waals surface area contributed by atoms with Gasteiger partial charge in [-0.05, 0) is 57.0 Å². The zero-order valence-corrected chi connectivity index (χ0v) is 14.1. The van der Waals surface area contributed by atoms with Gasteiger partial charge in [-0.15, -0.1) is 0 Å². The number of aromatic nitrogens is 4. The first kappa shape index (κ1) is 16.9. The van der Waals surface area contributed by atoms with Gasteiger partial charge in [0.05, 0.1) is 16.7 Å². The first-order valence-electron chi connectivity index (χ1n) is 7.89. The van der Waals surface area contributed by atoms with Crippen molar-refractivity contribution in [2.45, 2.75) is 35.1 Å². The summed E-state index contributed by atoms with van der Waals surface area (Å²) in [7, 11) is 0. The average molecular weight is 334 g/mol. The molecule has 0 spiro atoms. The fourth-order valence-electron chi connectivity index (χ4n) is 3.23. The molecule has 25 heavy (non-hydrogen) atoms. The summed E-state index contributed by atoms with van der Waals surface area (Å²) in [5.41, 5.74) is 8.27. The average Bonchev–Trinajstić information content (AvgIpc) is 3.08. The Bertz CT molecular complexity index is 1040. The fourth-order valence-corrected chi connectivity index (χ4v) is 3.23.